The molecule has 2 aromatic rings. The van der Waals surface area contributed by atoms with Crippen LogP contribution in [0.3, 0.4) is 0 Å². The van der Waals surface area contributed by atoms with E-state index in [1.165, 1.54) is 0 Å². The molecule has 0 spiro atoms. The van der Waals surface area contributed by atoms with E-state index in [1.807, 2.05) is 35.9 Å². The third-order valence-corrected chi connectivity index (χ3v) is 3.64. The Balaban J connectivity index is 2.22. The van der Waals surface area contributed by atoms with Crippen LogP contribution in [0.2, 0.25) is 0 Å². The van der Waals surface area contributed by atoms with Crippen molar-refractivity contribution in [2.75, 3.05) is 11.5 Å². The smallest absolute Gasteiger partial charge is 0.256 e. The summed E-state index contributed by atoms with van der Waals surface area (Å²) in [6.07, 6.45) is 2.94. The quantitative estimate of drug-likeness (QED) is 0.821. The monoisotopic (exact) mass is 290 g/mol. The Morgan fingerprint density at radius 1 is 1.50 bits per heavy atom. The molecule has 4 nitrogen and oxygen atoms in total. The molecular weight excluding hydrogens is 272 g/mol. The third-order valence-electron chi connectivity index (χ3n) is 2.91. The van der Waals surface area contributed by atoms with E-state index >= 15 is 0 Å². The molecule has 0 aliphatic carbocycles. The second kappa shape index (κ2) is 7.17. The van der Waals surface area contributed by atoms with Crippen LogP contribution < -0.4 is 4.90 Å². The Labute approximate surface area is 123 Å². The normalized spacial score (nSPS) is 12.1. The molecule has 2 rings (SSSR count). The first kappa shape index (κ1) is 14.7. The van der Waals surface area contributed by atoms with Crippen LogP contribution in [0.5, 0.6) is 0 Å². The van der Waals surface area contributed by atoms with Crippen molar-refractivity contribution in [3.8, 4) is 0 Å². The van der Waals surface area contributed by atoms with Crippen LogP contribution in [0.1, 0.15) is 19.4 Å². The fourth-order valence-corrected chi connectivity index (χ4v) is 2.58. The minimum absolute atomic E-state index is 0.0500. The predicted octanol–water partition coefficient (Wildman–Crippen LogP) is 3.10. The zero-order chi connectivity index (χ0) is 14.4. The summed E-state index contributed by atoms with van der Waals surface area (Å²) in [5.74, 6) is -0.0500. The lowest BCUT2D eigenvalue weighted by atomic mass is 10.2. The van der Waals surface area contributed by atoms with Crippen molar-refractivity contribution in [2.45, 2.75) is 26.5 Å². The van der Waals surface area contributed by atoms with Gasteiger partial charge in [0.2, 0.25) is 0 Å². The van der Waals surface area contributed by atoms with Gasteiger partial charge in [0.25, 0.3) is 5.91 Å². The van der Waals surface area contributed by atoms with Gasteiger partial charge in [-0.3, -0.25) is 9.78 Å². The molecule has 0 fully saturated rings. The van der Waals surface area contributed by atoms with Gasteiger partial charge in [0.05, 0.1) is 18.4 Å². The molecule has 0 aliphatic rings. The van der Waals surface area contributed by atoms with Crippen molar-refractivity contribution in [3.63, 3.8) is 0 Å². The van der Waals surface area contributed by atoms with Gasteiger partial charge in [0, 0.05) is 12.8 Å². The maximum atomic E-state index is 12.5. The number of carbonyl (C=O) groups excluding carboxylic acids is 1. The number of hydrogen-bond donors (Lipinski definition) is 0. The number of aromatic nitrogens is 1. The highest BCUT2D eigenvalue weighted by atomic mass is 32.1. The van der Waals surface area contributed by atoms with Crippen molar-refractivity contribution in [2.24, 2.45) is 0 Å². The molecule has 1 amide bonds. The summed E-state index contributed by atoms with van der Waals surface area (Å²) in [7, 11) is 0. The Morgan fingerprint density at radius 2 is 2.35 bits per heavy atom. The molecule has 5 heteroatoms. The van der Waals surface area contributed by atoms with Crippen molar-refractivity contribution < 1.29 is 9.53 Å². The lowest BCUT2D eigenvalue weighted by Crippen LogP contribution is -2.38. The molecule has 0 bridgehead atoms. The second-order valence-electron chi connectivity index (χ2n) is 4.36. The standard InChI is InChI=1S/C15H18N2O2S/c1-3-19-12(2)15(18)17(10-13-6-8-20-11-13)14-5-4-7-16-9-14/h4-9,11-12H,3,10H2,1-2H3/t12-/m0/s1. The molecule has 106 valence electrons. The summed E-state index contributed by atoms with van der Waals surface area (Å²) < 4.78 is 5.42. The zero-order valence-corrected chi connectivity index (χ0v) is 12.5. The molecule has 0 aromatic carbocycles. The molecular formula is C15H18N2O2S. The predicted molar refractivity (Wildman–Crippen MR) is 80.8 cm³/mol. The first-order valence-electron chi connectivity index (χ1n) is 6.56. The minimum Gasteiger partial charge on any atom is -0.369 e. The topological polar surface area (TPSA) is 42.4 Å². The molecule has 0 aliphatic heterocycles. The number of nitrogens with zero attached hydrogens (tertiary/aromatic N) is 2. The van der Waals surface area contributed by atoms with Crippen molar-refractivity contribution >= 4 is 22.9 Å². The van der Waals surface area contributed by atoms with E-state index in [9.17, 15) is 4.79 Å². The van der Waals surface area contributed by atoms with Gasteiger partial charge >= 0.3 is 0 Å². The summed E-state index contributed by atoms with van der Waals surface area (Å²) in [5.41, 5.74) is 1.89. The lowest BCUT2D eigenvalue weighted by Gasteiger charge is -2.25. The van der Waals surface area contributed by atoms with Gasteiger partial charge in [-0.1, -0.05) is 0 Å². The number of pyridine rings is 1. The van der Waals surface area contributed by atoms with Gasteiger partial charge in [-0.25, -0.2) is 0 Å². The first-order valence-corrected chi connectivity index (χ1v) is 7.50. The van der Waals surface area contributed by atoms with Crippen LogP contribution in [0.25, 0.3) is 0 Å². The molecule has 2 aromatic heterocycles. The summed E-state index contributed by atoms with van der Waals surface area (Å²) in [6, 6.07) is 5.73. The highest BCUT2D eigenvalue weighted by Crippen LogP contribution is 2.19. The molecule has 1 atom stereocenters. The molecule has 0 saturated carbocycles. The number of ether oxygens (including phenoxy) is 1. The van der Waals surface area contributed by atoms with Gasteiger partial charge in [0.15, 0.2) is 0 Å². The van der Waals surface area contributed by atoms with Gasteiger partial charge in [-0.15, -0.1) is 0 Å². The van der Waals surface area contributed by atoms with Crippen molar-refractivity contribution in [3.05, 3.63) is 46.9 Å². The fraction of sp³-hybridized carbons (Fsp3) is 0.333. The average molecular weight is 290 g/mol. The van der Waals surface area contributed by atoms with E-state index in [0.717, 1.165) is 11.3 Å². The van der Waals surface area contributed by atoms with Crippen LogP contribution in [0.15, 0.2) is 41.4 Å². The zero-order valence-electron chi connectivity index (χ0n) is 11.7. The van der Waals surface area contributed by atoms with Crippen LogP contribution in [-0.4, -0.2) is 23.6 Å². The van der Waals surface area contributed by atoms with Gasteiger partial charge in [-0.05, 0) is 48.4 Å². The summed E-state index contributed by atoms with van der Waals surface area (Å²) in [4.78, 5) is 18.3. The molecule has 20 heavy (non-hydrogen) atoms. The SMILES string of the molecule is CCO[C@@H](C)C(=O)N(Cc1ccsc1)c1cccnc1. The Morgan fingerprint density at radius 3 is 2.95 bits per heavy atom. The maximum Gasteiger partial charge on any atom is 0.256 e. The van der Waals surface area contributed by atoms with E-state index in [-0.39, 0.29) is 5.91 Å². The highest BCUT2D eigenvalue weighted by molar-refractivity contribution is 7.07. The van der Waals surface area contributed by atoms with Gasteiger partial charge in [-0.2, -0.15) is 11.3 Å². The summed E-state index contributed by atoms with van der Waals surface area (Å²) in [5, 5.41) is 4.05. The minimum atomic E-state index is -0.459. The fourth-order valence-electron chi connectivity index (χ4n) is 1.92. The van der Waals surface area contributed by atoms with E-state index < -0.39 is 6.10 Å². The third kappa shape index (κ3) is 3.65. The van der Waals surface area contributed by atoms with E-state index in [0.29, 0.717) is 13.2 Å². The lowest BCUT2D eigenvalue weighted by molar-refractivity contribution is -0.128. The number of anilines is 1. The molecule has 0 N–H and O–H groups in total. The molecule has 0 radical (unpaired) electrons. The van der Waals surface area contributed by atoms with Crippen LogP contribution in [0, 0.1) is 0 Å². The Hall–Kier alpha value is -1.72. The van der Waals surface area contributed by atoms with Gasteiger partial charge < -0.3 is 9.64 Å². The number of thiophene rings is 1. The van der Waals surface area contributed by atoms with Crippen LogP contribution in [-0.2, 0) is 16.1 Å². The van der Waals surface area contributed by atoms with Crippen LogP contribution in [0.4, 0.5) is 5.69 Å². The Kier molecular flexibility index (Phi) is 5.26. The van der Waals surface area contributed by atoms with Crippen LogP contribution >= 0.6 is 11.3 Å². The van der Waals surface area contributed by atoms with Crippen molar-refractivity contribution in [1.82, 2.24) is 4.98 Å². The van der Waals surface area contributed by atoms with E-state index in [2.05, 4.69) is 4.98 Å². The van der Waals surface area contributed by atoms with E-state index in [1.54, 1.807) is 35.6 Å². The largest absolute Gasteiger partial charge is 0.369 e. The second-order valence-corrected chi connectivity index (χ2v) is 5.14. The van der Waals surface area contributed by atoms with E-state index in [4.69, 9.17) is 4.74 Å². The van der Waals surface area contributed by atoms with Crippen molar-refractivity contribution in [1.29, 1.82) is 0 Å². The average Bonchev–Trinajstić information content (AvgIpc) is 2.98. The highest BCUT2D eigenvalue weighted by Gasteiger charge is 2.22. The number of rotatable bonds is 6. The molecule has 0 unspecified atom stereocenters. The maximum absolute atomic E-state index is 12.5. The number of carbonyl (C=O) groups is 1. The Bertz CT molecular complexity index is 528. The summed E-state index contributed by atoms with van der Waals surface area (Å²) >= 11 is 1.62. The first-order chi connectivity index (χ1) is 9.72. The number of amides is 1. The molecule has 0 saturated heterocycles. The number of hydrogen-bond acceptors (Lipinski definition) is 4. The molecule has 2 heterocycles. The van der Waals surface area contributed by atoms with Gasteiger partial charge in [0.1, 0.15) is 6.10 Å². The summed E-state index contributed by atoms with van der Waals surface area (Å²) in [6.45, 7) is 4.72.